The number of fused-ring (bicyclic) bond motifs is 3. The molecule has 2 atom stereocenters. The Balaban J connectivity index is 1.77. The smallest absolute Gasteiger partial charge is 0.333 e. The Labute approximate surface area is 217 Å². The Kier molecular flexibility index (Phi) is 8.08. The van der Waals surface area contributed by atoms with E-state index in [1.165, 1.54) is 11.1 Å². The quantitative estimate of drug-likeness (QED) is 0.133. The van der Waals surface area contributed by atoms with Gasteiger partial charge in [0.15, 0.2) is 0 Å². The average Bonchev–Trinajstić information content (AvgIpc) is 3.26. The molecule has 0 spiro atoms. The molecule has 0 saturated carbocycles. The second kappa shape index (κ2) is 11.6. The van der Waals surface area contributed by atoms with Crippen LogP contribution in [-0.2, 0) is 19.1 Å². The fraction of sp³-hybridized carbons (Fsp3) is 0.226. The van der Waals surface area contributed by atoms with Gasteiger partial charge in [0, 0.05) is 42.5 Å². The maximum Gasteiger partial charge on any atom is 0.333 e. The van der Waals surface area contributed by atoms with Crippen molar-refractivity contribution in [2.75, 3.05) is 0 Å². The fourth-order valence-electron chi connectivity index (χ4n) is 4.45. The van der Waals surface area contributed by atoms with Gasteiger partial charge in [-0.2, -0.15) is 0 Å². The summed E-state index contributed by atoms with van der Waals surface area (Å²) >= 11 is 0. The van der Waals surface area contributed by atoms with Crippen molar-refractivity contribution in [2.24, 2.45) is 0 Å². The van der Waals surface area contributed by atoms with Gasteiger partial charge in [-0.05, 0) is 28.3 Å². The molecule has 0 fully saturated rings. The molecule has 3 aromatic carbocycles. The van der Waals surface area contributed by atoms with Crippen LogP contribution in [0.2, 0.25) is 0 Å². The number of ether oxygens (including phenoxy) is 4. The van der Waals surface area contributed by atoms with E-state index in [9.17, 15) is 9.59 Å². The first-order valence-corrected chi connectivity index (χ1v) is 12.3. The summed E-state index contributed by atoms with van der Waals surface area (Å²) in [6, 6.07) is 22.1. The number of benzene rings is 3. The van der Waals surface area contributed by atoms with Crippen molar-refractivity contribution in [3.8, 4) is 22.6 Å². The fourth-order valence-corrected chi connectivity index (χ4v) is 4.45. The molecule has 4 rings (SSSR count). The molecule has 6 heteroatoms. The van der Waals surface area contributed by atoms with Gasteiger partial charge in [-0.25, -0.2) is 9.59 Å². The first kappa shape index (κ1) is 25.8. The lowest BCUT2D eigenvalue weighted by atomic mass is 9.88. The van der Waals surface area contributed by atoms with Gasteiger partial charge in [0.25, 0.3) is 0 Å². The van der Waals surface area contributed by atoms with Crippen LogP contribution in [0.3, 0.4) is 0 Å². The van der Waals surface area contributed by atoms with Gasteiger partial charge in [0.2, 0.25) is 12.6 Å². The highest BCUT2D eigenvalue weighted by Crippen LogP contribution is 2.50. The van der Waals surface area contributed by atoms with Crippen LogP contribution in [0.5, 0.6) is 11.5 Å². The molecule has 37 heavy (non-hydrogen) atoms. The van der Waals surface area contributed by atoms with Crippen molar-refractivity contribution in [1.82, 2.24) is 0 Å². The van der Waals surface area contributed by atoms with Crippen molar-refractivity contribution < 1.29 is 28.5 Å². The largest absolute Gasteiger partial charge is 0.455 e. The number of carbonyl (C=O) groups is 2. The van der Waals surface area contributed by atoms with Crippen LogP contribution < -0.4 is 9.47 Å². The number of esters is 2. The van der Waals surface area contributed by atoms with Gasteiger partial charge in [-0.15, -0.1) is 0 Å². The molecule has 3 aromatic rings. The number of carbonyl (C=O) groups excluding carboxylic acids is 2. The maximum absolute atomic E-state index is 11.9. The summed E-state index contributed by atoms with van der Waals surface area (Å²) in [4.78, 5) is 23.6. The lowest BCUT2D eigenvalue weighted by Gasteiger charge is -2.24. The van der Waals surface area contributed by atoms with E-state index in [0.717, 1.165) is 28.8 Å². The standard InChI is InChI=1S/C31H30O6/c1-5-27(32)36-29(7-3)34-20-17-18-25(26(19-20)35-30(8-4)37-28(33)6-2)31-23-15-11-9-13-21(23)22-14-10-12-16-24(22)31/h5-6,9-19,29-31H,1-2,7-8H2,3-4H3. The number of rotatable bonds is 11. The van der Waals surface area contributed by atoms with Gasteiger partial charge < -0.3 is 18.9 Å². The van der Waals surface area contributed by atoms with Crippen LogP contribution in [-0.4, -0.2) is 24.5 Å². The van der Waals surface area contributed by atoms with E-state index in [4.69, 9.17) is 18.9 Å². The molecule has 0 radical (unpaired) electrons. The third-order valence-corrected chi connectivity index (χ3v) is 6.15. The maximum atomic E-state index is 11.9. The molecule has 1 aliphatic carbocycles. The molecule has 0 bridgehead atoms. The van der Waals surface area contributed by atoms with Crippen molar-refractivity contribution in [3.63, 3.8) is 0 Å². The van der Waals surface area contributed by atoms with E-state index in [-0.39, 0.29) is 5.92 Å². The van der Waals surface area contributed by atoms with E-state index in [0.29, 0.717) is 24.3 Å². The van der Waals surface area contributed by atoms with E-state index < -0.39 is 24.5 Å². The highest BCUT2D eigenvalue weighted by molar-refractivity contribution is 5.82. The lowest BCUT2D eigenvalue weighted by Crippen LogP contribution is -2.24. The van der Waals surface area contributed by atoms with E-state index in [1.807, 2.05) is 50.2 Å². The second-order valence-corrected chi connectivity index (χ2v) is 8.50. The van der Waals surface area contributed by atoms with E-state index >= 15 is 0 Å². The molecule has 190 valence electrons. The molecular weight excluding hydrogens is 468 g/mol. The molecule has 0 saturated heterocycles. The molecule has 0 aromatic heterocycles. The molecule has 1 aliphatic rings. The molecule has 0 heterocycles. The zero-order chi connectivity index (χ0) is 26.4. The summed E-state index contributed by atoms with van der Waals surface area (Å²) < 4.78 is 22.9. The summed E-state index contributed by atoms with van der Waals surface area (Å²) in [6.45, 7) is 10.6. The van der Waals surface area contributed by atoms with Crippen molar-refractivity contribution in [1.29, 1.82) is 0 Å². The van der Waals surface area contributed by atoms with Crippen LogP contribution >= 0.6 is 0 Å². The Bertz CT molecular complexity index is 1270. The normalized spacial score (nSPS) is 13.5. The van der Waals surface area contributed by atoms with Gasteiger partial charge in [-0.1, -0.05) is 81.6 Å². The molecule has 0 aliphatic heterocycles. The monoisotopic (exact) mass is 498 g/mol. The SMILES string of the molecule is C=CC(=O)OC(CC)Oc1ccc(C2c3ccccc3-c3ccccc32)c(OC(CC)OC(=O)C=C)c1. The molecule has 0 N–H and O–H groups in total. The van der Waals surface area contributed by atoms with E-state index in [2.05, 4.69) is 37.4 Å². The lowest BCUT2D eigenvalue weighted by molar-refractivity contribution is -0.158. The predicted octanol–water partition coefficient (Wildman–Crippen LogP) is 6.54. The minimum absolute atomic E-state index is 0.0929. The van der Waals surface area contributed by atoms with Crippen molar-refractivity contribution in [2.45, 2.75) is 45.2 Å². The predicted molar refractivity (Wildman–Crippen MR) is 141 cm³/mol. The zero-order valence-electron chi connectivity index (χ0n) is 21.0. The summed E-state index contributed by atoms with van der Waals surface area (Å²) in [6.07, 6.45) is 1.45. The summed E-state index contributed by atoms with van der Waals surface area (Å²) in [5.74, 6) is -0.277. The topological polar surface area (TPSA) is 71.1 Å². The molecule has 2 unspecified atom stereocenters. The zero-order valence-corrected chi connectivity index (χ0v) is 21.0. The summed E-state index contributed by atoms with van der Waals surface area (Å²) in [5.41, 5.74) is 5.55. The van der Waals surface area contributed by atoms with Gasteiger partial charge >= 0.3 is 11.9 Å². The number of hydrogen-bond donors (Lipinski definition) is 0. The molecular formula is C31H30O6. The minimum Gasteiger partial charge on any atom is -0.455 e. The van der Waals surface area contributed by atoms with Gasteiger partial charge in [0.05, 0.1) is 0 Å². The minimum atomic E-state index is -0.827. The summed E-state index contributed by atoms with van der Waals surface area (Å²) in [5, 5.41) is 0. The van der Waals surface area contributed by atoms with Crippen molar-refractivity contribution >= 4 is 11.9 Å². The Hall–Kier alpha value is -4.32. The Morgan fingerprint density at radius 2 is 1.27 bits per heavy atom. The Morgan fingerprint density at radius 3 is 1.78 bits per heavy atom. The van der Waals surface area contributed by atoms with Gasteiger partial charge in [-0.3, -0.25) is 0 Å². The summed E-state index contributed by atoms with van der Waals surface area (Å²) in [7, 11) is 0. The highest BCUT2D eigenvalue weighted by Gasteiger charge is 2.32. The van der Waals surface area contributed by atoms with Crippen LogP contribution in [0.15, 0.2) is 92.0 Å². The Morgan fingerprint density at radius 1 is 0.757 bits per heavy atom. The van der Waals surface area contributed by atoms with Crippen LogP contribution in [0.25, 0.3) is 11.1 Å². The van der Waals surface area contributed by atoms with Crippen LogP contribution in [0.1, 0.15) is 49.3 Å². The van der Waals surface area contributed by atoms with Crippen LogP contribution in [0.4, 0.5) is 0 Å². The average molecular weight is 499 g/mol. The van der Waals surface area contributed by atoms with Crippen molar-refractivity contribution in [3.05, 3.63) is 109 Å². The van der Waals surface area contributed by atoms with Gasteiger partial charge in [0.1, 0.15) is 11.5 Å². The third-order valence-electron chi connectivity index (χ3n) is 6.15. The first-order valence-electron chi connectivity index (χ1n) is 12.3. The first-order chi connectivity index (χ1) is 18.0. The second-order valence-electron chi connectivity index (χ2n) is 8.50. The van der Waals surface area contributed by atoms with E-state index in [1.54, 1.807) is 6.07 Å². The van der Waals surface area contributed by atoms with Crippen LogP contribution in [0, 0.1) is 0 Å². The molecule has 6 nitrogen and oxygen atoms in total. The number of hydrogen-bond acceptors (Lipinski definition) is 6. The third kappa shape index (κ3) is 5.59. The highest BCUT2D eigenvalue weighted by atomic mass is 16.7. The molecule has 0 amide bonds.